The number of hydrogen-bond donors (Lipinski definition) is 1. The molecule has 0 aliphatic carbocycles. The zero-order valence-corrected chi connectivity index (χ0v) is 11.3. The molecule has 3 rings (SSSR count). The number of nitriles is 1. The Bertz CT molecular complexity index is 771. The largest absolute Gasteiger partial charge is 0.379 e. The molecule has 0 spiro atoms. The average Bonchev–Trinajstić information content (AvgIpc) is 3.03. The molecule has 21 heavy (non-hydrogen) atoms. The molecule has 0 bridgehead atoms. The maximum Gasteiger partial charge on any atom is 0.102 e. The van der Waals surface area contributed by atoms with E-state index in [1.165, 1.54) is 0 Å². The number of para-hydroxylation sites is 1. The Labute approximate surface area is 122 Å². The summed E-state index contributed by atoms with van der Waals surface area (Å²) >= 11 is 0. The van der Waals surface area contributed by atoms with E-state index < -0.39 is 0 Å². The van der Waals surface area contributed by atoms with E-state index in [9.17, 15) is 0 Å². The Balaban J connectivity index is 1.69. The molecule has 0 fully saturated rings. The Morgan fingerprint density at radius 1 is 1.10 bits per heavy atom. The van der Waals surface area contributed by atoms with Crippen LogP contribution in [0.25, 0.3) is 5.69 Å². The summed E-state index contributed by atoms with van der Waals surface area (Å²) in [5.41, 5.74) is 3.28. The molecule has 2 aromatic carbocycles. The monoisotopic (exact) mass is 275 g/mol. The molecule has 102 valence electrons. The van der Waals surface area contributed by atoms with Crippen molar-refractivity contribution in [1.82, 2.24) is 15.0 Å². The molecule has 0 saturated carbocycles. The fourth-order valence-corrected chi connectivity index (χ4v) is 1.95. The van der Waals surface area contributed by atoms with Crippen LogP contribution in [0.4, 0.5) is 5.69 Å². The van der Waals surface area contributed by atoms with Gasteiger partial charge in [0, 0.05) is 5.69 Å². The van der Waals surface area contributed by atoms with Crippen LogP contribution >= 0.6 is 0 Å². The SMILES string of the molecule is N#Cc1cccc(NCc2cnn(-c3ccccc3)n2)c1. The molecule has 1 heterocycles. The van der Waals surface area contributed by atoms with Gasteiger partial charge < -0.3 is 5.32 Å². The maximum atomic E-state index is 8.87. The van der Waals surface area contributed by atoms with E-state index in [2.05, 4.69) is 21.6 Å². The molecule has 0 amide bonds. The fraction of sp³-hybridized carbons (Fsp3) is 0.0625. The van der Waals surface area contributed by atoms with Gasteiger partial charge in [-0.1, -0.05) is 24.3 Å². The number of nitrogens with one attached hydrogen (secondary N) is 1. The van der Waals surface area contributed by atoms with Gasteiger partial charge in [0.15, 0.2) is 0 Å². The van der Waals surface area contributed by atoms with Gasteiger partial charge in [0.1, 0.15) is 5.69 Å². The molecular formula is C16H13N5. The van der Waals surface area contributed by atoms with Gasteiger partial charge >= 0.3 is 0 Å². The first kappa shape index (κ1) is 12.9. The second-order valence-corrected chi connectivity index (χ2v) is 4.51. The molecule has 5 nitrogen and oxygen atoms in total. The van der Waals surface area contributed by atoms with Crippen LogP contribution in [0.1, 0.15) is 11.3 Å². The summed E-state index contributed by atoms with van der Waals surface area (Å²) in [7, 11) is 0. The maximum absolute atomic E-state index is 8.87. The molecule has 1 N–H and O–H groups in total. The normalized spacial score (nSPS) is 10.0. The Morgan fingerprint density at radius 3 is 2.76 bits per heavy atom. The van der Waals surface area contributed by atoms with Gasteiger partial charge in [-0.15, -0.1) is 0 Å². The van der Waals surface area contributed by atoms with Gasteiger partial charge in [-0.25, -0.2) is 0 Å². The first-order chi connectivity index (χ1) is 10.3. The van der Waals surface area contributed by atoms with E-state index in [1.54, 1.807) is 17.1 Å². The summed E-state index contributed by atoms with van der Waals surface area (Å²) in [5.74, 6) is 0. The zero-order chi connectivity index (χ0) is 14.5. The van der Waals surface area contributed by atoms with Crippen LogP contribution in [0.5, 0.6) is 0 Å². The van der Waals surface area contributed by atoms with Crippen molar-refractivity contribution < 1.29 is 0 Å². The third kappa shape index (κ3) is 3.07. The lowest BCUT2D eigenvalue weighted by atomic mass is 10.2. The van der Waals surface area contributed by atoms with E-state index in [-0.39, 0.29) is 0 Å². The quantitative estimate of drug-likeness (QED) is 0.795. The molecule has 5 heteroatoms. The van der Waals surface area contributed by atoms with Crippen molar-refractivity contribution in [2.24, 2.45) is 0 Å². The highest BCUT2D eigenvalue weighted by molar-refractivity contribution is 5.49. The first-order valence-electron chi connectivity index (χ1n) is 6.56. The summed E-state index contributed by atoms with van der Waals surface area (Å²) in [5, 5.41) is 20.8. The van der Waals surface area contributed by atoms with Gasteiger partial charge in [0.2, 0.25) is 0 Å². The number of nitrogens with zero attached hydrogens (tertiary/aromatic N) is 4. The third-order valence-corrected chi connectivity index (χ3v) is 2.99. The van der Waals surface area contributed by atoms with Crippen LogP contribution in [0, 0.1) is 11.3 Å². The van der Waals surface area contributed by atoms with Gasteiger partial charge in [0.05, 0.1) is 30.1 Å². The van der Waals surface area contributed by atoms with Gasteiger partial charge in [-0.3, -0.25) is 0 Å². The number of anilines is 1. The van der Waals surface area contributed by atoms with Gasteiger partial charge in [-0.05, 0) is 30.3 Å². The molecule has 0 aliphatic heterocycles. The Hall–Kier alpha value is -3.13. The predicted molar refractivity (Wildman–Crippen MR) is 79.8 cm³/mol. The molecule has 0 unspecified atom stereocenters. The van der Waals surface area contributed by atoms with Crippen LogP contribution < -0.4 is 5.32 Å². The Morgan fingerprint density at radius 2 is 1.95 bits per heavy atom. The van der Waals surface area contributed by atoms with Crippen LogP contribution in [0.2, 0.25) is 0 Å². The zero-order valence-electron chi connectivity index (χ0n) is 11.3. The minimum Gasteiger partial charge on any atom is -0.379 e. The summed E-state index contributed by atoms with van der Waals surface area (Å²) in [6.07, 6.45) is 1.73. The summed E-state index contributed by atoms with van der Waals surface area (Å²) < 4.78 is 0. The Kier molecular flexibility index (Phi) is 3.61. The smallest absolute Gasteiger partial charge is 0.102 e. The van der Waals surface area contributed by atoms with E-state index in [1.807, 2.05) is 48.5 Å². The highest BCUT2D eigenvalue weighted by Gasteiger charge is 2.02. The standard InChI is InChI=1S/C16H13N5/c17-10-13-5-4-6-14(9-13)18-11-15-12-19-21(20-15)16-7-2-1-3-8-16/h1-9,12,18H,11H2. The average molecular weight is 275 g/mol. The van der Waals surface area contributed by atoms with Crippen molar-refractivity contribution in [3.05, 3.63) is 72.1 Å². The van der Waals surface area contributed by atoms with E-state index in [0.717, 1.165) is 17.1 Å². The van der Waals surface area contributed by atoms with Crippen molar-refractivity contribution in [3.8, 4) is 11.8 Å². The van der Waals surface area contributed by atoms with Crippen molar-refractivity contribution in [1.29, 1.82) is 5.26 Å². The highest BCUT2D eigenvalue weighted by atomic mass is 15.5. The molecule has 0 aliphatic rings. The molecule has 0 radical (unpaired) electrons. The van der Waals surface area contributed by atoms with Crippen molar-refractivity contribution in [2.75, 3.05) is 5.32 Å². The fourth-order valence-electron chi connectivity index (χ4n) is 1.95. The van der Waals surface area contributed by atoms with E-state index in [4.69, 9.17) is 5.26 Å². The lowest BCUT2D eigenvalue weighted by molar-refractivity contribution is 0.740. The summed E-state index contributed by atoms with van der Waals surface area (Å²) in [4.78, 5) is 1.60. The third-order valence-electron chi connectivity index (χ3n) is 2.99. The lowest BCUT2D eigenvalue weighted by Gasteiger charge is -2.04. The summed E-state index contributed by atoms with van der Waals surface area (Å²) in [6, 6.07) is 19.2. The van der Waals surface area contributed by atoms with Crippen molar-refractivity contribution >= 4 is 5.69 Å². The van der Waals surface area contributed by atoms with Crippen molar-refractivity contribution in [3.63, 3.8) is 0 Å². The van der Waals surface area contributed by atoms with Crippen LogP contribution in [0.3, 0.4) is 0 Å². The second kappa shape index (κ2) is 5.88. The van der Waals surface area contributed by atoms with Gasteiger partial charge in [-0.2, -0.15) is 20.3 Å². The second-order valence-electron chi connectivity index (χ2n) is 4.51. The number of benzene rings is 2. The highest BCUT2D eigenvalue weighted by Crippen LogP contribution is 2.11. The number of aromatic nitrogens is 3. The molecule has 0 atom stereocenters. The topological polar surface area (TPSA) is 66.5 Å². The van der Waals surface area contributed by atoms with E-state index in [0.29, 0.717) is 12.1 Å². The number of rotatable bonds is 4. The lowest BCUT2D eigenvalue weighted by Crippen LogP contribution is -2.02. The minimum atomic E-state index is 0.557. The molecule has 3 aromatic rings. The van der Waals surface area contributed by atoms with E-state index >= 15 is 0 Å². The molecular weight excluding hydrogens is 262 g/mol. The molecule has 1 aromatic heterocycles. The first-order valence-corrected chi connectivity index (χ1v) is 6.56. The predicted octanol–water partition coefficient (Wildman–Crippen LogP) is 2.75. The van der Waals surface area contributed by atoms with Crippen LogP contribution in [-0.2, 0) is 6.54 Å². The van der Waals surface area contributed by atoms with Gasteiger partial charge in [0.25, 0.3) is 0 Å². The van der Waals surface area contributed by atoms with Crippen LogP contribution in [-0.4, -0.2) is 15.0 Å². The van der Waals surface area contributed by atoms with Crippen LogP contribution in [0.15, 0.2) is 60.8 Å². The summed E-state index contributed by atoms with van der Waals surface area (Å²) in [6.45, 7) is 0.557. The number of hydrogen-bond acceptors (Lipinski definition) is 4. The minimum absolute atomic E-state index is 0.557. The molecule has 0 saturated heterocycles. The van der Waals surface area contributed by atoms with Crippen molar-refractivity contribution in [2.45, 2.75) is 6.54 Å².